The molecule has 0 bridgehead atoms. The number of anilines is 1. The second-order valence-corrected chi connectivity index (χ2v) is 4.70. The second-order valence-electron chi connectivity index (χ2n) is 4.70. The standard InChI is InChI=1S/C13H19N3O3/c1-9-7-16(8-10(2)19-9)12-5-4-11(6-14-12)13(17)15-18-3/h4-6,9-10H,7-8H2,1-3H3,(H,15,17)/t9-,10-/m1/s1. The van der Waals surface area contributed by atoms with E-state index in [4.69, 9.17) is 4.74 Å². The Kier molecular flexibility index (Phi) is 4.34. The number of nitrogens with zero attached hydrogens (tertiary/aromatic N) is 2. The van der Waals surface area contributed by atoms with E-state index in [0.29, 0.717) is 5.56 Å². The molecule has 1 aliphatic rings. The van der Waals surface area contributed by atoms with Crippen molar-refractivity contribution in [2.24, 2.45) is 0 Å². The van der Waals surface area contributed by atoms with Crippen LogP contribution in [0.1, 0.15) is 24.2 Å². The highest BCUT2D eigenvalue weighted by molar-refractivity contribution is 5.93. The Bertz CT molecular complexity index is 425. The molecule has 1 saturated heterocycles. The van der Waals surface area contributed by atoms with Crippen molar-refractivity contribution in [3.63, 3.8) is 0 Å². The van der Waals surface area contributed by atoms with Gasteiger partial charge in [0, 0.05) is 19.3 Å². The van der Waals surface area contributed by atoms with Crippen LogP contribution in [-0.2, 0) is 9.57 Å². The monoisotopic (exact) mass is 265 g/mol. The summed E-state index contributed by atoms with van der Waals surface area (Å²) in [5.41, 5.74) is 2.73. The molecule has 6 heteroatoms. The van der Waals surface area contributed by atoms with Crippen LogP contribution in [0.2, 0.25) is 0 Å². The van der Waals surface area contributed by atoms with Crippen LogP contribution in [0.3, 0.4) is 0 Å². The van der Waals surface area contributed by atoms with E-state index in [9.17, 15) is 4.79 Å². The molecule has 2 heterocycles. The molecule has 1 amide bonds. The Morgan fingerprint density at radius 2 is 2.11 bits per heavy atom. The van der Waals surface area contributed by atoms with Crippen LogP contribution >= 0.6 is 0 Å². The van der Waals surface area contributed by atoms with Crippen molar-refractivity contribution in [1.29, 1.82) is 0 Å². The van der Waals surface area contributed by atoms with Gasteiger partial charge in [0.05, 0.1) is 24.9 Å². The normalized spacial score (nSPS) is 23.2. The van der Waals surface area contributed by atoms with Crippen molar-refractivity contribution >= 4 is 11.7 Å². The molecule has 6 nitrogen and oxygen atoms in total. The van der Waals surface area contributed by atoms with Gasteiger partial charge in [-0.1, -0.05) is 0 Å². The molecule has 2 atom stereocenters. The van der Waals surface area contributed by atoms with E-state index in [1.54, 1.807) is 12.3 Å². The van der Waals surface area contributed by atoms with E-state index >= 15 is 0 Å². The number of hydroxylamine groups is 1. The number of nitrogens with one attached hydrogen (secondary N) is 1. The zero-order valence-electron chi connectivity index (χ0n) is 11.4. The molecular weight excluding hydrogens is 246 g/mol. The van der Waals surface area contributed by atoms with E-state index in [1.807, 2.05) is 19.9 Å². The number of carbonyl (C=O) groups excluding carboxylic acids is 1. The Hall–Kier alpha value is -1.66. The lowest BCUT2D eigenvalue weighted by Crippen LogP contribution is -2.45. The summed E-state index contributed by atoms with van der Waals surface area (Å²) in [4.78, 5) is 22.6. The van der Waals surface area contributed by atoms with Crippen molar-refractivity contribution in [2.45, 2.75) is 26.1 Å². The van der Waals surface area contributed by atoms with Crippen LogP contribution in [0.15, 0.2) is 18.3 Å². The predicted molar refractivity (Wildman–Crippen MR) is 70.9 cm³/mol. The first kappa shape index (κ1) is 13.8. The van der Waals surface area contributed by atoms with Gasteiger partial charge < -0.3 is 9.64 Å². The van der Waals surface area contributed by atoms with Gasteiger partial charge in [0.2, 0.25) is 0 Å². The minimum absolute atomic E-state index is 0.182. The molecule has 1 aromatic heterocycles. The molecule has 1 fully saturated rings. The summed E-state index contributed by atoms with van der Waals surface area (Å²) in [6, 6.07) is 3.58. The number of rotatable bonds is 3. The number of aromatic nitrogens is 1. The summed E-state index contributed by atoms with van der Waals surface area (Å²) >= 11 is 0. The molecule has 1 aromatic rings. The Balaban J connectivity index is 2.07. The van der Waals surface area contributed by atoms with Gasteiger partial charge in [0.15, 0.2) is 0 Å². The van der Waals surface area contributed by atoms with E-state index in [2.05, 4.69) is 20.2 Å². The topological polar surface area (TPSA) is 63.7 Å². The van der Waals surface area contributed by atoms with Gasteiger partial charge in [0.25, 0.3) is 5.91 Å². The zero-order valence-corrected chi connectivity index (χ0v) is 11.4. The van der Waals surface area contributed by atoms with Crippen LogP contribution in [0.25, 0.3) is 0 Å². The van der Waals surface area contributed by atoms with Crippen molar-refractivity contribution < 1.29 is 14.4 Å². The molecular formula is C13H19N3O3. The first-order valence-corrected chi connectivity index (χ1v) is 6.30. The summed E-state index contributed by atoms with van der Waals surface area (Å²) in [6.07, 6.45) is 1.91. The zero-order chi connectivity index (χ0) is 13.8. The summed E-state index contributed by atoms with van der Waals surface area (Å²) in [5, 5.41) is 0. The SMILES string of the molecule is CONC(=O)c1ccc(N2C[C@@H](C)O[C@H](C)C2)nc1. The maximum Gasteiger partial charge on any atom is 0.276 e. The average Bonchev–Trinajstić information content (AvgIpc) is 2.38. The minimum atomic E-state index is -0.301. The Morgan fingerprint density at radius 1 is 1.42 bits per heavy atom. The smallest absolute Gasteiger partial charge is 0.276 e. The summed E-state index contributed by atoms with van der Waals surface area (Å²) in [6.45, 7) is 5.70. The van der Waals surface area contributed by atoms with Crippen LogP contribution < -0.4 is 10.4 Å². The minimum Gasteiger partial charge on any atom is -0.372 e. The van der Waals surface area contributed by atoms with Crippen molar-refractivity contribution in [1.82, 2.24) is 10.5 Å². The molecule has 0 aromatic carbocycles. The lowest BCUT2D eigenvalue weighted by Gasteiger charge is -2.36. The fourth-order valence-corrected chi connectivity index (χ4v) is 2.22. The molecule has 0 saturated carbocycles. The highest BCUT2D eigenvalue weighted by atomic mass is 16.6. The quantitative estimate of drug-likeness (QED) is 0.826. The molecule has 1 aliphatic heterocycles. The number of morpholine rings is 1. The second kappa shape index (κ2) is 5.99. The molecule has 0 unspecified atom stereocenters. The van der Waals surface area contributed by atoms with Gasteiger partial charge >= 0.3 is 0 Å². The van der Waals surface area contributed by atoms with Crippen molar-refractivity contribution in [2.75, 3.05) is 25.1 Å². The molecule has 2 rings (SSSR count). The van der Waals surface area contributed by atoms with E-state index in [1.165, 1.54) is 7.11 Å². The molecule has 19 heavy (non-hydrogen) atoms. The molecule has 0 spiro atoms. The van der Waals surface area contributed by atoms with E-state index in [-0.39, 0.29) is 18.1 Å². The maximum atomic E-state index is 11.5. The first-order chi connectivity index (χ1) is 9.10. The Morgan fingerprint density at radius 3 is 2.63 bits per heavy atom. The van der Waals surface area contributed by atoms with E-state index in [0.717, 1.165) is 18.9 Å². The molecule has 1 N–H and O–H groups in total. The predicted octanol–water partition coefficient (Wildman–Crippen LogP) is 0.986. The number of ether oxygens (including phenoxy) is 1. The molecule has 104 valence electrons. The summed E-state index contributed by atoms with van der Waals surface area (Å²) < 4.78 is 5.68. The van der Waals surface area contributed by atoms with Crippen LogP contribution in [0.5, 0.6) is 0 Å². The maximum absolute atomic E-state index is 11.5. The Labute approximate surface area is 112 Å². The molecule has 0 radical (unpaired) electrons. The van der Waals surface area contributed by atoms with Crippen LogP contribution in [-0.4, -0.2) is 43.3 Å². The van der Waals surface area contributed by atoms with Gasteiger partial charge in [0.1, 0.15) is 5.82 Å². The number of carbonyl (C=O) groups is 1. The van der Waals surface area contributed by atoms with Gasteiger partial charge in [-0.25, -0.2) is 10.5 Å². The van der Waals surface area contributed by atoms with Gasteiger partial charge in [-0.2, -0.15) is 0 Å². The summed E-state index contributed by atoms with van der Waals surface area (Å²) in [7, 11) is 1.40. The van der Waals surface area contributed by atoms with Gasteiger partial charge in [-0.15, -0.1) is 0 Å². The number of pyridine rings is 1. The fourth-order valence-electron chi connectivity index (χ4n) is 2.22. The summed E-state index contributed by atoms with van der Waals surface area (Å²) in [5.74, 6) is 0.557. The largest absolute Gasteiger partial charge is 0.372 e. The lowest BCUT2D eigenvalue weighted by atomic mass is 10.2. The first-order valence-electron chi connectivity index (χ1n) is 6.30. The van der Waals surface area contributed by atoms with Gasteiger partial charge in [-0.3, -0.25) is 9.63 Å². The van der Waals surface area contributed by atoms with Crippen molar-refractivity contribution in [3.05, 3.63) is 23.9 Å². The third kappa shape index (κ3) is 3.42. The lowest BCUT2D eigenvalue weighted by molar-refractivity contribution is -0.00546. The fraction of sp³-hybridized carbons (Fsp3) is 0.538. The third-order valence-electron chi connectivity index (χ3n) is 2.95. The average molecular weight is 265 g/mol. The highest BCUT2D eigenvalue weighted by Crippen LogP contribution is 2.18. The van der Waals surface area contributed by atoms with Crippen molar-refractivity contribution in [3.8, 4) is 0 Å². The van der Waals surface area contributed by atoms with E-state index < -0.39 is 0 Å². The molecule has 0 aliphatic carbocycles. The number of hydrogen-bond acceptors (Lipinski definition) is 5. The highest BCUT2D eigenvalue weighted by Gasteiger charge is 2.23. The number of hydrogen-bond donors (Lipinski definition) is 1. The van der Waals surface area contributed by atoms with Crippen LogP contribution in [0, 0.1) is 0 Å². The van der Waals surface area contributed by atoms with Crippen LogP contribution in [0.4, 0.5) is 5.82 Å². The van der Waals surface area contributed by atoms with Gasteiger partial charge in [-0.05, 0) is 26.0 Å². The number of amides is 1. The third-order valence-corrected chi connectivity index (χ3v) is 2.95.